The van der Waals surface area contributed by atoms with Crippen molar-refractivity contribution in [1.29, 1.82) is 0 Å². The minimum Gasteiger partial charge on any atom is -0.497 e. The van der Waals surface area contributed by atoms with Crippen molar-refractivity contribution in [1.82, 2.24) is 0 Å². The van der Waals surface area contributed by atoms with Crippen molar-refractivity contribution < 1.29 is 19.2 Å². The molecule has 0 fully saturated rings. The summed E-state index contributed by atoms with van der Waals surface area (Å²) in [5.74, 6) is 1.65. The molecule has 0 aliphatic heterocycles. The summed E-state index contributed by atoms with van der Waals surface area (Å²) in [5.41, 5.74) is 2.06. The van der Waals surface area contributed by atoms with Gasteiger partial charge in [0.15, 0.2) is 0 Å². The second-order valence-corrected chi connectivity index (χ2v) is 4.22. The van der Waals surface area contributed by atoms with Crippen LogP contribution in [0, 0.1) is 0 Å². The second kappa shape index (κ2) is 7.53. The Morgan fingerprint density at radius 3 is 1.25 bits per heavy atom. The van der Waals surface area contributed by atoms with Crippen molar-refractivity contribution in [2.24, 2.45) is 0 Å². The highest BCUT2D eigenvalue weighted by Gasteiger charge is 1.98. The highest BCUT2D eigenvalue weighted by molar-refractivity contribution is 5.27. The zero-order valence-electron chi connectivity index (χ0n) is 11.7. The van der Waals surface area contributed by atoms with E-state index in [-0.39, 0.29) is 0 Å². The highest BCUT2D eigenvalue weighted by atomic mass is 17.2. The molecule has 0 aliphatic carbocycles. The lowest BCUT2D eigenvalue weighted by Gasteiger charge is -2.06. The van der Waals surface area contributed by atoms with E-state index in [0.717, 1.165) is 22.6 Å². The van der Waals surface area contributed by atoms with Crippen molar-refractivity contribution >= 4 is 0 Å². The molecule has 0 aliphatic rings. The van der Waals surface area contributed by atoms with E-state index >= 15 is 0 Å². The molecule has 0 saturated carbocycles. The van der Waals surface area contributed by atoms with E-state index in [9.17, 15) is 0 Å². The van der Waals surface area contributed by atoms with Crippen LogP contribution < -0.4 is 9.47 Å². The molecule has 4 nitrogen and oxygen atoms in total. The summed E-state index contributed by atoms with van der Waals surface area (Å²) in [7, 11) is 3.28. The van der Waals surface area contributed by atoms with E-state index in [4.69, 9.17) is 19.2 Å². The molecule has 20 heavy (non-hydrogen) atoms. The standard InChI is InChI=1S/C16H18O4/c1-17-15-7-3-13(4-8-15)11-19-20-12-14-5-9-16(18-2)10-6-14/h3-10H,11-12H2,1-2H3. The van der Waals surface area contributed by atoms with Gasteiger partial charge in [-0.05, 0) is 35.4 Å². The van der Waals surface area contributed by atoms with Gasteiger partial charge in [-0.25, -0.2) is 9.78 Å². The number of ether oxygens (including phenoxy) is 2. The predicted molar refractivity (Wildman–Crippen MR) is 75.6 cm³/mol. The van der Waals surface area contributed by atoms with Gasteiger partial charge in [-0.3, -0.25) is 0 Å². The molecule has 0 unspecified atom stereocenters. The summed E-state index contributed by atoms with van der Waals surface area (Å²) in [5, 5.41) is 0. The van der Waals surface area contributed by atoms with Crippen LogP contribution in [0.2, 0.25) is 0 Å². The molecule has 0 radical (unpaired) electrons. The highest BCUT2D eigenvalue weighted by Crippen LogP contribution is 2.14. The normalized spacial score (nSPS) is 10.3. The fourth-order valence-electron chi connectivity index (χ4n) is 1.66. The lowest BCUT2D eigenvalue weighted by Crippen LogP contribution is -1.96. The molecular weight excluding hydrogens is 256 g/mol. The van der Waals surface area contributed by atoms with Crippen LogP contribution in [0.4, 0.5) is 0 Å². The third-order valence-electron chi connectivity index (χ3n) is 2.85. The monoisotopic (exact) mass is 274 g/mol. The van der Waals surface area contributed by atoms with Crippen LogP contribution in [0.15, 0.2) is 48.5 Å². The van der Waals surface area contributed by atoms with Crippen LogP contribution in [-0.2, 0) is 23.0 Å². The predicted octanol–water partition coefficient (Wildman–Crippen LogP) is 3.35. The Hall–Kier alpha value is -2.04. The second-order valence-electron chi connectivity index (χ2n) is 4.22. The van der Waals surface area contributed by atoms with Gasteiger partial charge in [0, 0.05) is 0 Å². The Kier molecular flexibility index (Phi) is 5.41. The summed E-state index contributed by atoms with van der Waals surface area (Å²) in [6.45, 7) is 0.806. The smallest absolute Gasteiger partial charge is 0.118 e. The zero-order valence-corrected chi connectivity index (χ0v) is 11.7. The Morgan fingerprint density at radius 2 is 0.950 bits per heavy atom. The molecule has 2 aromatic carbocycles. The molecule has 106 valence electrons. The van der Waals surface area contributed by atoms with Crippen LogP contribution in [0.5, 0.6) is 11.5 Å². The summed E-state index contributed by atoms with van der Waals surface area (Å²) < 4.78 is 10.2. The number of rotatable bonds is 7. The average molecular weight is 274 g/mol. The maximum absolute atomic E-state index is 5.18. The number of hydrogen-bond acceptors (Lipinski definition) is 4. The fourth-order valence-corrected chi connectivity index (χ4v) is 1.66. The molecule has 0 N–H and O–H groups in total. The van der Waals surface area contributed by atoms with Crippen LogP contribution in [0.3, 0.4) is 0 Å². The minimum absolute atomic E-state index is 0.403. The molecule has 0 spiro atoms. The Balaban J connectivity index is 1.72. The fraction of sp³-hybridized carbons (Fsp3) is 0.250. The van der Waals surface area contributed by atoms with E-state index in [0.29, 0.717) is 13.2 Å². The Bertz CT molecular complexity index is 456. The maximum atomic E-state index is 5.18. The van der Waals surface area contributed by atoms with Gasteiger partial charge in [0.1, 0.15) is 24.7 Å². The van der Waals surface area contributed by atoms with Crippen molar-refractivity contribution in [2.75, 3.05) is 14.2 Å². The summed E-state index contributed by atoms with van der Waals surface area (Å²) in [4.78, 5) is 10.4. The summed E-state index contributed by atoms with van der Waals surface area (Å²) in [6.07, 6.45) is 0. The van der Waals surface area contributed by atoms with Gasteiger partial charge in [-0.1, -0.05) is 24.3 Å². The molecule has 2 aromatic rings. The van der Waals surface area contributed by atoms with Gasteiger partial charge in [0.05, 0.1) is 14.2 Å². The lowest BCUT2D eigenvalue weighted by molar-refractivity contribution is -0.313. The summed E-state index contributed by atoms with van der Waals surface area (Å²) >= 11 is 0. The van der Waals surface area contributed by atoms with Crippen molar-refractivity contribution in [2.45, 2.75) is 13.2 Å². The van der Waals surface area contributed by atoms with Crippen LogP contribution in [0.25, 0.3) is 0 Å². The molecule has 2 rings (SSSR count). The molecule has 4 heteroatoms. The average Bonchev–Trinajstić information content (AvgIpc) is 2.53. The van der Waals surface area contributed by atoms with Crippen molar-refractivity contribution in [3.8, 4) is 11.5 Å². The molecule has 0 bridgehead atoms. The van der Waals surface area contributed by atoms with Gasteiger partial charge in [0.25, 0.3) is 0 Å². The Morgan fingerprint density at radius 1 is 0.600 bits per heavy atom. The first-order valence-electron chi connectivity index (χ1n) is 6.32. The van der Waals surface area contributed by atoms with E-state index < -0.39 is 0 Å². The molecular formula is C16H18O4. The van der Waals surface area contributed by atoms with Crippen LogP contribution in [0.1, 0.15) is 11.1 Å². The van der Waals surface area contributed by atoms with E-state index in [1.54, 1.807) is 14.2 Å². The quantitative estimate of drug-likeness (QED) is 0.441. The van der Waals surface area contributed by atoms with Gasteiger partial charge < -0.3 is 9.47 Å². The Labute approximate surface area is 118 Å². The van der Waals surface area contributed by atoms with Crippen molar-refractivity contribution in [3.63, 3.8) is 0 Å². The third kappa shape index (κ3) is 4.26. The van der Waals surface area contributed by atoms with Crippen LogP contribution >= 0.6 is 0 Å². The molecule has 0 aromatic heterocycles. The molecule has 0 heterocycles. The molecule has 0 saturated heterocycles. The largest absolute Gasteiger partial charge is 0.497 e. The first-order chi connectivity index (χ1) is 9.81. The zero-order chi connectivity index (χ0) is 14.2. The SMILES string of the molecule is COc1ccc(COOCc2ccc(OC)cc2)cc1. The van der Waals surface area contributed by atoms with Gasteiger partial charge in [-0.2, -0.15) is 0 Å². The maximum Gasteiger partial charge on any atom is 0.118 e. The third-order valence-corrected chi connectivity index (χ3v) is 2.85. The number of hydrogen-bond donors (Lipinski definition) is 0. The minimum atomic E-state index is 0.403. The molecule has 0 amide bonds. The van der Waals surface area contributed by atoms with Gasteiger partial charge in [-0.15, -0.1) is 0 Å². The van der Waals surface area contributed by atoms with Gasteiger partial charge in [0.2, 0.25) is 0 Å². The summed E-state index contributed by atoms with van der Waals surface area (Å²) in [6, 6.07) is 15.3. The van der Waals surface area contributed by atoms with Crippen molar-refractivity contribution in [3.05, 3.63) is 59.7 Å². The van der Waals surface area contributed by atoms with E-state index in [2.05, 4.69) is 0 Å². The number of methoxy groups -OCH3 is 2. The van der Waals surface area contributed by atoms with E-state index in [1.807, 2.05) is 48.5 Å². The first-order valence-corrected chi connectivity index (χ1v) is 6.32. The number of benzene rings is 2. The molecule has 0 atom stereocenters. The van der Waals surface area contributed by atoms with Gasteiger partial charge >= 0.3 is 0 Å². The van der Waals surface area contributed by atoms with Crippen LogP contribution in [-0.4, -0.2) is 14.2 Å². The lowest BCUT2D eigenvalue weighted by atomic mass is 10.2. The topological polar surface area (TPSA) is 36.9 Å². The first kappa shape index (κ1) is 14.4. The van der Waals surface area contributed by atoms with E-state index in [1.165, 1.54) is 0 Å².